The van der Waals surface area contributed by atoms with Gasteiger partial charge in [0.15, 0.2) is 0 Å². The zero-order valence-corrected chi connectivity index (χ0v) is 16.1. The number of benzene rings is 3. The Bertz CT molecular complexity index is 998. The van der Waals surface area contributed by atoms with Gasteiger partial charge in [0.05, 0.1) is 0 Å². The number of anilines is 2. The average molecular weight is 377 g/mol. The standard InChI is InChI=1S/C23H21ClN2O/c1-3-16-8-6-7-15(2)21(16)25-22-19-9-4-5-10-20(19)23(27)26(22)18-13-11-17(24)12-14-18/h4-14,22,25H,3H2,1-2H3/t22-/m0/s1. The van der Waals surface area contributed by atoms with E-state index in [9.17, 15) is 4.79 Å². The normalized spacial score (nSPS) is 15.7. The topological polar surface area (TPSA) is 32.3 Å². The van der Waals surface area contributed by atoms with Crippen LogP contribution in [0.5, 0.6) is 0 Å². The van der Waals surface area contributed by atoms with E-state index in [4.69, 9.17) is 11.6 Å². The van der Waals surface area contributed by atoms with Crippen LogP contribution < -0.4 is 10.2 Å². The molecular weight excluding hydrogens is 356 g/mol. The van der Waals surface area contributed by atoms with E-state index in [0.717, 1.165) is 28.9 Å². The number of hydrogen-bond donors (Lipinski definition) is 1. The van der Waals surface area contributed by atoms with Crippen LogP contribution in [0.15, 0.2) is 66.7 Å². The molecule has 4 rings (SSSR count). The minimum Gasteiger partial charge on any atom is -0.361 e. The summed E-state index contributed by atoms with van der Waals surface area (Å²) in [4.78, 5) is 15.0. The Labute approximate surface area is 164 Å². The van der Waals surface area contributed by atoms with Gasteiger partial charge in [-0.2, -0.15) is 0 Å². The number of halogens is 1. The molecule has 1 amide bonds. The van der Waals surface area contributed by atoms with Gasteiger partial charge >= 0.3 is 0 Å². The number of nitrogens with zero attached hydrogens (tertiary/aromatic N) is 1. The SMILES string of the molecule is CCc1cccc(C)c1N[C@@H]1c2ccccc2C(=O)N1c1ccc(Cl)cc1. The van der Waals surface area contributed by atoms with Crippen LogP contribution in [0, 0.1) is 6.92 Å². The highest BCUT2D eigenvalue weighted by Gasteiger charge is 2.37. The minimum atomic E-state index is -0.263. The number of para-hydroxylation sites is 1. The third-order valence-corrected chi connectivity index (χ3v) is 5.34. The molecule has 0 bridgehead atoms. The van der Waals surface area contributed by atoms with Gasteiger partial charge in [-0.3, -0.25) is 9.69 Å². The first-order valence-electron chi connectivity index (χ1n) is 9.13. The lowest BCUT2D eigenvalue weighted by Crippen LogP contribution is -2.32. The highest BCUT2D eigenvalue weighted by atomic mass is 35.5. The number of nitrogens with one attached hydrogen (secondary N) is 1. The highest BCUT2D eigenvalue weighted by Crippen LogP contribution is 2.39. The van der Waals surface area contributed by atoms with Gasteiger partial charge in [-0.05, 0) is 54.8 Å². The molecule has 3 nitrogen and oxygen atoms in total. The first-order valence-corrected chi connectivity index (χ1v) is 9.51. The van der Waals surface area contributed by atoms with E-state index in [1.54, 1.807) is 0 Å². The van der Waals surface area contributed by atoms with Crippen LogP contribution >= 0.6 is 11.6 Å². The summed E-state index contributed by atoms with van der Waals surface area (Å²) in [6.07, 6.45) is 0.661. The lowest BCUT2D eigenvalue weighted by Gasteiger charge is -2.29. The van der Waals surface area contributed by atoms with Crippen molar-refractivity contribution in [2.45, 2.75) is 26.4 Å². The third-order valence-electron chi connectivity index (χ3n) is 5.09. The van der Waals surface area contributed by atoms with Gasteiger partial charge in [0.25, 0.3) is 5.91 Å². The van der Waals surface area contributed by atoms with Crippen LogP contribution in [0.4, 0.5) is 11.4 Å². The molecule has 0 spiro atoms. The van der Waals surface area contributed by atoms with E-state index in [0.29, 0.717) is 5.02 Å². The zero-order valence-electron chi connectivity index (χ0n) is 15.4. The van der Waals surface area contributed by atoms with E-state index >= 15 is 0 Å². The molecule has 0 aromatic heterocycles. The summed E-state index contributed by atoms with van der Waals surface area (Å²) in [5, 5.41) is 4.30. The van der Waals surface area contributed by atoms with Crippen LogP contribution in [0.1, 0.15) is 40.1 Å². The van der Waals surface area contributed by atoms with Crippen molar-refractivity contribution in [2.75, 3.05) is 10.2 Å². The molecule has 27 heavy (non-hydrogen) atoms. The second kappa shape index (κ2) is 7.09. The zero-order chi connectivity index (χ0) is 19.0. The number of aryl methyl sites for hydroxylation is 2. The predicted octanol–water partition coefficient (Wildman–Crippen LogP) is 5.98. The van der Waals surface area contributed by atoms with Crippen molar-refractivity contribution in [1.82, 2.24) is 0 Å². The number of rotatable bonds is 4. The summed E-state index contributed by atoms with van der Waals surface area (Å²) in [6, 6.07) is 21.5. The fourth-order valence-corrected chi connectivity index (χ4v) is 3.82. The van der Waals surface area contributed by atoms with Crippen molar-refractivity contribution < 1.29 is 4.79 Å². The minimum absolute atomic E-state index is 0.00273. The molecule has 1 atom stereocenters. The molecule has 3 aromatic carbocycles. The summed E-state index contributed by atoms with van der Waals surface area (Å²) in [6.45, 7) is 4.24. The van der Waals surface area contributed by atoms with Crippen LogP contribution in [0.2, 0.25) is 5.02 Å². The van der Waals surface area contributed by atoms with Crippen LogP contribution in [0.25, 0.3) is 0 Å². The Kier molecular flexibility index (Phi) is 4.63. The highest BCUT2D eigenvalue weighted by molar-refractivity contribution is 6.30. The van der Waals surface area contributed by atoms with Gasteiger partial charge in [-0.15, -0.1) is 0 Å². The molecule has 136 valence electrons. The maximum absolute atomic E-state index is 13.2. The number of amides is 1. The van der Waals surface area contributed by atoms with Crippen molar-refractivity contribution in [2.24, 2.45) is 0 Å². The van der Waals surface area contributed by atoms with Gasteiger partial charge in [0.2, 0.25) is 0 Å². The molecule has 0 radical (unpaired) electrons. The monoisotopic (exact) mass is 376 g/mol. The van der Waals surface area contributed by atoms with E-state index < -0.39 is 0 Å². The smallest absolute Gasteiger partial charge is 0.260 e. The summed E-state index contributed by atoms with van der Waals surface area (Å²) < 4.78 is 0. The average Bonchev–Trinajstić information content (AvgIpc) is 2.96. The fraction of sp³-hybridized carbons (Fsp3) is 0.174. The van der Waals surface area contributed by atoms with Crippen molar-refractivity contribution in [1.29, 1.82) is 0 Å². The molecule has 3 aromatic rings. The van der Waals surface area contributed by atoms with Gasteiger partial charge in [0.1, 0.15) is 6.17 Å². The van der Waals surface area contributed by atoms with Crippen molar-refractivity contribution >= 4 is 28.9 Å². The van der Waals surface area contributed by atoms with Crippen LogP contribution in [-0.2, 0) is 6.42 Å². The Morgan fingerprint density at radius 1 is 1.00 bits per heavy atom. The van der Waals surface area contributed by atoms with Gasteiger partial charge in [-0.25, -0.2) is 0 Å². The number of carbonyl (C=O) groups excluding carboxylic acids is 1. The predicted molar refractivity (Wildman–Crippen MR) is 112 cm³/mol. The summed E-state index contributed by atoms with van der Waals surface area (Å²) in [7, 11) is 0. The lowest BCUT2D eigenvalue weighted by molar-refractivity contribution is 0.0993. The second-order valence-electron chi connectivity index (χ2n) is 6.75. The maximum atomic E-state index is 13.2. The van der Waals surface area contributed by atoms with Crippen LogP contribution in [-0.4, -0.2) is 5.91 Å². The Morgan fingerprint density at radius 3 is 2.48 bits per heavy atom. The summed E-state index contributed by atoms with van der Waals surface area (Å²) in [5.41, 5.74) is 6.04. The molecule has 1 aliphatic rings. The van der Waals surface area contributed by atoms with Gasteiger partial charge in [0, 0.05) is 27.5 Å². The van der Waals surface area contributed by atoms with E-state index in [1.807, 2.05) is 53.4 Å². The largest absolute Gasteiger partial charge is 0.361 e. The Morgan fingerprint density at radius 2 is 1.74 bits per heavy atom. The maximum Gasteiger partial charge on any atom is 0.260 e. The van der Waals surface area contributed by atoms with Crippen molar-refractivity contribution in [3.63, 3.8) is 0 Å². The van der Waals surface area contributed by atoms with Gasteiger partial charge in [-0.1, -0.05) is 54.9 Å². The molecule has 0 fully saturated rings. The molecular formula is C23H21ClN2O. The third kappa shape index (κ3) is 3.08. The Hall–Kier alpha value is -2.78. The van der Waals surface area contributed by atoms with E-state index in [-0.39, 0.29) is 12.1 Å². The Balaban J connectivity index is 1.82. The van der Waals surface area contributed by atoms with Gasteiger partial charge < -0.3 is 5.32 Å². The molecule has 4 heteroatoms. The van der Waals surface area contributed by atoms with E-state index in [2.05, 4.69) is 37.4 Å². The van der Waals surface area contributed by atoms with Crippen LogP contribution in [0.3, 0.4) is 0 Å². The molecule has 1 aliphatic heterocycles. The second-order valence-corrected chi connectivity index (χ2v) is 7.18. The number of fused-ring (bicyclic) bond motifs is 1. The van der Waals surface area contributed by atoms with Crippen molar-refractivity contribution in [3.8, 4) is 0 Å². The van der Waals surface area contributed by atoms with Crippen molar-refractivity contribution in [3.05, 3.63) is 94.0 Å². The quantitative estimate of drug-likeness (QED) is 0.607. The van der Waals surface area contributed by atoms with E-state index in [1.165, 1.54) is 11.1 Å². The number of carbonyl (C=O) groups is 1. The lowest BCUT2D eigenvalue weighted by atomic mass is 10.0. The molecule has 0 unspecified atom stereocenters. The first kappa shape index (κ1) is 17.6. The molecule has 1 heterocycles. The molecule has 0 aliphatic carbocycles. The molecule has 0 saturated heterocycles. The summed E-state index contributed by atoms with van der Waals surface area (Å²) >= 11 is 6.05. The fourth-order valence-electron chi connectivity index (χ4n) is 3.69. The molecule has 1 N–H and O–H groups in total. The first-order chi connectivity index (χ1) is 13.1. The summed E-state index contributed by atoms with van der Waals surface area (Å²) in [5.74, 6) is -0.00273. The number of hydrogen-bond acceptors (Lipinski definition) is 2. The molecule has 0 saturated carbocycles.